The topological polar surface area (TPSA) is 75.4 Å². The molecule has 5 nitrogen and oxygen atoms in total. The van der Waals surface area contributed by atoms with E-state index in [1.807, 2.05) is 6.92 Å². The van der Waals surface area contributed by atoms with E-state index in [9.17, 15) is 14.0 Å². The van der Waals surface area contributed by atoms with Crippen LogP contribution in [0, 0.1) is 11.7 Å². The van der Waals surface area contributed by atoms with Crippen molar-refractivity contribution < 1.29 is 14.0 Å². The molecule has 0 aromatic heterocycles. The van der Waals surface area contributed by atoms with Gasteiger partial charge in [0.1, 0.15) is 5.82 Å². The van der Waals surface area contributed by atoms with E-state index in [2.05, 4.69) is 19.2 Å². The predicted octanol–water partition coefficient (Wildman–Crippen LogP) is 2.82. The van der Waals surface area contributed by atoms with Gasteiger partial charge >= 0.3 is 6.03 Å². The first-order valence-corrected chi connectivity index (χ1v) is 6.85. The van der Waals surface area contributed by atoms with E-state index < -0.39 is 11.7 Å². The summed E-state index contributed by atoms with van der Waals surface area (Å²) in [6.07, 6.45) is 0.875. The van der Waals surface area contributed by atoms with E-state index in [-0.39, 0.29) is 17.6 Å². The Balaban J connectivity index is 2.79. The van der Waals surface area contributed by atoms with Crippen molar-refractivity contribution in [2.75, 3.05) is 12.4 Å². The molecule has 0 spiro atoms. The van der Waals surface area contributed by atoms with Gasteiger partial charge in [0.25, 0.3) is 5.91 Å². The minimum atomic E-state index is -0.870. The Kier molecular flexibility index (Phi) is 5.69. The fourth-order valence-corrected chi connectivity index (χ4v) is 2.04. The van der Waals surface area contributed by atoms with Crippen LogP contribution in [0.25, 0.3) is 0 Å². The SMILES string of the molecule is CC(C)CC(C)N(C)C(=O)Nc1ccc(F)c(C(N)=O)c1. The summed E-state index contributed by atoms with van der Waals surface area (Å²) in [4.78, 5) is 24.8. The molecule has 0 bridgehead atoms. The van der Waals surface area contributed by atoms with Crippen LogP contribution in [0.3, 0.4) is 0 Å². The molecule has 0 heterocycles. The molecule has 1 aromatic rings. The Morgan fingerprint density at radius 1 is 1.33 bits per heavy atom. The number of nitrogens with zero attached hydrogens (tertiary/aromatic N) is 1. The lowest BCUT2D eigenvalue weighted by Crippen LogP contribution is -2.38. The molecule has 21 heavy (non-hydrogen) atoms. The van der Waals surface area contributed by atoms with Gasteiger partial charge in [0.05, 0.1) is 5.56 Å². The van der Waals surface area contributed by atoms with Crippen molar-refractivity contribution in [3.63, 3.8) is 0 Å². The second-order valence-corrected chi connectivity index (χ2v) is 5.58. The van der Waals surface area contributed by atoms with Crippen LogP contribution < -0.4 is 11.1 Å². The van der Waals surface area contributed by atoms with Crippen molar-refractivity contribution >= 4 is 17.6 Å². The third-order valence-electron chi connectivity index (χ3n) is 3.28. The summed E-state index contributed by atoms with van der Waals surface area (Å²) in [7, 11) is 1.70. The van der Waals surface area contributed by atoms with Gasteiger partial charge < -0.3 is 16.0 Å². The predicted molar refractivity (Wildman–Crippen MR) is 80.6 cm³/mol. The van der Waals surface area contributed by atoms with E-state index in [0.29, 0.717) is 11.6 Å². The molecule has 0 aliphatic heterocycles. The number of anilines is 1. The van der Waals surface area contributed by atoms with Gasteiger partial charge in [0, 0.05) is 18.8 Å². The van der Waals surface area contributed by atoms with Crippen LogP contribution in [0.1, 0.15) is 37.6 Å². The number of carbonyl (C=O) groups is 2. The van der Waals surface area contributed by atoms with Crippen molar-refractivity contribution in [2.45, 2.75) is 33.2 Å². The number of nitrogens with two attached hydrogens (primary N) is 1. The number of amides is 3. The zero-order chi connectivity index (χ0) is 16.2. The summed E-state index contributed by atoms with van der Waals surface area (Å²) >= 11 is 0. The lowest BCUT2D eigenvalue weighted by Gasteiger charge is -2.26. The Morgan fingerprint density at radius 2 is 1.95 bits per heavy atom. The van der Waals surface area contributed by atoms with E-state index in [1.54, 1.807) is 11.9 Å². The van der Waals surface area contributed by atoms with Gasteiger partial charge in [-0.25, -0.2) is 9.18 Å². The molecular formula is C15H22FN3O2. The number of rotatable bonds is 5. The van der Waals surface area contributed by atoms with Crippen molar-refractivity contribution in [3.05, 3.63) is 29.6 Å². The molecule has 1 rings (SSSR count). The molecule has 3 N–H and O–H groups in total. The normalized spacial score (nSPS) is 12.1. The highest BCUT2D eigenvalue weighted by atomic mass is 19.1. The first-order valence-electron chi connectivity index (χ1n) is 6.85. The van der Waals surface area contributed by atoms with Crippen LogP contribution in [-0.4, -0.2) is 29.9 Å². The number of hydrogen-bond donors (Lipinski definition) is 2. The van der Waals surface area contributed by atoms with Crippen molar-refractivity contribution in [1.82, 2.24) is 4.90 Å². The highest BCUT2D eigenvalue weighted by Gasteiger charge is 2.17. The summed E-state index contributed by atoms with van der Waals surface area (Å²) in [6.45, 7) is 6.13. The molecule has 0 aliphatic carbocycles. The number of primary amides is 1. The van der Waals surface area contributed by atoms with Gasteiger partial charge in [-0.1, -0.05) is 13.8 Å². The van der Waals surface area contributed by atoms with Crippen molar-refractivity contribution in [2.24, 2.45) is 11.7 Å². The van der Waals surface area contributed by atoms with Gasteiger partial charge in [-0.15, -0.1) is 0 Å². The number of urea groups is 1. The Hall–Kier alpha value is -2.11. The zero-order valence-electron chi connectivity index (χ0n) is 12.8. The Morgan fingerprint density at radius 3 is 2.48 bits per heavy atom. The zero-order valence-corrected chi connectivity index (χ0v) is 12.8. The summed E-state index contributed by atoms with van der Waals surface area (Å²) in [5.74, 6) is -1.10. The highest BCUT2D eigenvalue weighted by molar-refractivity contribution is 5.96. The monoisotopic (exact) mass is 295 g/mol. The largest absolute Gasteiger partial charge is 0.366 e. The Labute approximate surface area is 124 Å². The first-order chi connectivity index (χ1) is 9.72. The fraction of sp³-hybridized carbons (Fsp3) is 0.467. The molecule has 1 unspecified atom stereocenters. The van der Waals surface area contributed by atoms with Crippen LogP contribution in [0.4, 0.5) is 14.9 Å². The average molecular weight is 295 g/mol. The van der Waals surface area contributed by atoms with Gasteiger partial charge in [-0.2, -0.15) is 0 Å². The molecule has 1 aromatic carbocycles. The fourth-order valence-electron chi connectivity index (χ4n) is 2.04. The number of halogens is 1. The van der Waals surface area contributed by atoms with E-state index in [0.717, 1.165) is 12.5 Å². The molecule has 0 aliphatic rings. The van der Waals surface area contributed by atoms with Crippen LogP contribution >= 0.6 is 0 Å². The number of carbonyl (C=O) groups excluding carboxylic acids is 2. The smallest absolute Gasteiger partial charge is 0.321 e. The average Bonchev–Trinajstić information content (AvgIpc) is 2.38. The number of benzene rings is 1. The first kappa shape index (κ1) is 16.9. The maximum Gasteiger partial charge on any atom is 0.321 e. The van der Waals surface area contributed by atoms with E-state index in [1.165, 1.54) is 12.1 Å². The second kappa shape index (κ2) is 7.06. The second-order valence-electron chi connectivity index (χ2n) is 5.58. The standard InChI is InChI=1S/C15H22FN3O2/c1-9(2)7-10(3)19(4)15(21)18-11-5-6-13(16)12(8-11)14(17)20/h5-6,8-10H,7H2,1-4H3,(H2,17,20)(H,18,21). The Bertz CT molecular complexity index is 532. The molecule has 0 radical (unpaired) electrons. The number of hydrogen-bond acceptors (Lipinski definition) is 2. The molecule has 6 heteroatoms. The van der Waals surface area contributed by atoms with E-state index in [4.69, 9.17) is 5.73 Å². The lowest BCUT2D eigenvalue weighted by molar-refractivity contribution is 0.0996. The lowest BCUT2D eigenvalue weighted by atomic mass is 10.0. The van der Waals surface area contributed by atoms with Gasteiger partial charge in [-0.05, 0) is 37.5 Å². The third kappa shape index (κ3) is 4.73. The summed E-state index contributed by atoms with van der Waals surface area (Å²) in [5.41, 5.74) is 5.16. The third-order valence-corrected chi connectivity index (χ3v) is 3.28. The van der Waals surface area contributed by atoms with E-state index >= 15 is 0 Å². The molecule has 3 amide bonds. The maximum absolute atomic E-state index is 13.4. The molecule has 0 fully saturated rings. The van der Waals surface area contributed by atoms with Crippen LogP contribution in [0.15, 0.2) is 18.2 Å². The molecule has 1 atom stereocenters. The summed E-state index contributed by atoms with van der Waals surface area (Å²) < 4.78 is 13.4. The molecule has 0 saturated heterocycles. The maximum atomic E-state index is 13.4. The van der Waals surface area contributed by atoms with Gasteiger partial charge in [-0.3, -0.25) is 4.79 Å². The van der Waals surface area contributed by atoms with Crippen LogP contribution in [0.5, 0.6) is 0 Å². The van der Waals surface area contributed by atoms with Crippen molar-refractivity contribution in [1.29, 1.82) is 0 Å². The highest BCUT2D eigenvalue weighted by Crippen LogP contribution is 2.16. The quantitative estimate of drug-likeness (QED) is 0.876. The minimum absolute atomic E-state index is 0.0704. The summed E-state index contributed by atoms with van der Waals surface area (Å²) in [6, 6.07) is 3.48. The van der Waals surface area contributed by atoms with Gasteiger partial charge in [0.15, 0.2) is 0 Å². The molecule has 116 valence electrons. The van der Waals surface area contributed by atoms with Crippen LogP contribution in [0.2, 0.25) is 0 Å². The molecular weight excluding hydrogens is 273 g/mol. The molecule has 0 saturated carbocycles. The summed E-state index contributed by atoms with van der Waals surface area (Å²) in [5, 5.41) is 2.63. The van der Waals surface area contributed by atoms with Crippen molar-refractivity contribution in [3.8, 4) is 0 Å². The number of nitrogens with one attached hydrogen (secondary N) is 1. The van der Waals surface area contributed by atoms with Crippen LogP contribution in [-0.2, 0) is 0 Å². The van der Waals surface area contributed by atoms with Gasteiger partial charge in [0.2, 0.25) is 0 Å². The minimum Gasteiger partial charge on any atom is -0.366 e.